The molecule has 0 bridgehead atoms. The van der Waals surface area contributed by atoms with Gasteiger partial charge >= 0.3 is 0 Å². The number of halogens is 3. The molecule has 0 fully saturated rings. The van der Waals surface area contributed by atoms with Crippen molar-refractivity contribution in [2.75, 3.05) is 0 Å². The van der Waals surface area contributed by atoms with Gasteiger partial charge in [0.25, 0.3) is 0 Å². The normalized spacial score (nSPS) is 12.1. The van der Waals surface area contributed by atoms with Gasteiger partial charge in [-0.25, -0.2) is 9.97 Å². The zero-order chi connectivity index (χ0) is 16.2. The van der Waals surface area contributed by atoms with Crippen molar-refractivity contribution in [2.45, 2.75) is 12.3 Å². The second-order valence-corrected chi connectivity index (χ2v) is 6.20. The van der Waals surface area contributed by atoms with Crippen LogP contribution < -0.4 is 0 Å². The molecule has 0 amide bonds. The average Bonchev–Trinajstić information content (AvgIpc) is 2.55. The van der Waals surface area contributed by atoms with E-state index in [1.54, 1.807) is 0 Å². The summed E-state index contributed by atoms with van der Waals surface area (Å²) >= 11 is 18.5. The van der Waals surface area contributed by atoms with Gasteiger partial charge in [-0.3, -0.25) is 0 Å². The summed E-state index contributed by atoms with van der Waals surface area (Å²) in [6.45, 7) is 0. The Morgan fingerprint density at radius 2 is 1.26 bits per heavy atom. The summed E-state index contributed by atoms with van der Waals surface area (Å²) in [4.78, 5) is 8.12. The van der Waals surface area contributed by atoms with Gasteiger partial charge in [0.1, 0.15) is 10.3 Å². The molecule has 0 aliphatic heterocycles. The van der Waals surface area contributed by atoms with E-state index in [2.05, 4.69) is 34.2 Å². The Kier molecular flexibility index (Phi) is 5.16. The first-order chi connectivity index (χ1) is 11.1. The van der Waals surface area contributed by atoms with Crippen LogP contribution in [0.25, 0.3) is 0 Å². The van der Waals surface area contributed by atoms with Gasteiger partial charge in [-0.05, 0) is 29.1 Å². The van der Waals surface area contributed by atoms with Crippen LogP contribution in [0.5, 0.6) is 0 Å². The molecule has 0 spiro atoms. The molecule has 0 radical (unpaired) electrons. The van der Waals surface area contributed by atoms with Crippen molar-refractivity contribution < 1.29 is 0 Å². The van der Waals surface area contributed by atoms with Crippen molar-refractivity contribution >= 4 is 34.8 Å². The van der Waals surface area contributed by atoms with Gasteiger partial charge in [-0.15, -0.1) is 0 Å². The Labute approximate surface area is 150 Å². The van der Waals surface area contributed by atoms with Crippen molar-refractivity contribution in [3.63, 3.8) is 0 Å². The fourth-order valence-corrected chi connectivity index (χ4v) is 3.51. The van der Waals surface area contributed by atoms with Gasteiger partial charge in [0, 0.05) is 11.5 Å². The standard InChI is InChI=1S/C18H13Cl3N2/c19-16-15(17(20)23-18(21)22-16)14(13-9-5-2-6-10-13)11-12-7-3-1-4-8-12/h1-10,14H,11H2. The Balaban J connectivity index is 2.09. The maximum Gasteiger partial charge on any atom is 0.225 e. The summed E-state index contributed by atoms with van der Waals surface area (Å²) in [6.07, 6.45) is 0.745. The lowest BCUT2D eigenvalue weighted by molar-refractivity contribution is 0.792. The fraction of sp³-hybridized carbons (Fsp3) is 0.111. The molecule has 1 atom stereocenters. The third-order valence-corrected chi connectivity index (χ3v) is 4.40. The molecular weight excluding hydrogens is 351 g/mol. The summed E-state index contributed by atoms with van der Waals surface area (Å²) in [5.41, 5.74) is 2.99. The Bertz CT molecular complexity index is 769. The number of benzene rings is 2. The Morgan fingerprint density at radius 1 is 0.739 bits per heavy atom. The minimum absolute atomic E-state index is 0.0455. The van der Waals surface area contributed by atoms with Crippen LogP contribution in [0, 0.1) is 0 Å². The number of nitrogens with zero attached hydrogens (tertiary/aromatic N) is 2. The van der Waals surface area contributed by atoms with Gasteiger partial charge < -0.3 is 0 Å². The summed E-state index contributed by atoms with van der Waals surface area (Å²) in [6, 6.07) is 20.2. The van der Waals surface area contributed by atoms with Crippen molar-refractivity contribution in [1.82, 2.24) is 9.97 Å². The van der Waals surface area contributed by atoms with Crippen LogP contribution in [0.4, 0.5) is 0 Å². The molecule has 23 heavy (non-hydrogen) atoms. The summed E-state index contributed by atoms with van der Waals surface area (Å²) < 4.78 is 0. The fourth-order valence-electron chi connectivity index (χ4n) is 2.60. The number of hydrogen-bond acceptors (Lipinski definition) is 2. The Hall–Kier alpha value is -1.61. The minimum Gasteiger partial charge on any atom is -0.206 e. The van der Waals surface area contributed by atoms with Gasteiger partial charge in [-0.1, -0.05) is 83.9 Å². The molecular formula is C18H13Cl3N2. The van der Waals surface area contributed by atoms with Crippen molar-refractivity contribution in [2.24, 2.45) is 0 Å². The summed E-state index contributed by atoms with van der Waals surface area (Å²) in [5.74, 6) is -0.0455. The van der Waals surface area contributed by atoms with Crippen molar-refractivity contribution in [3.05, 3.63) is 92.9 Å². The van der Waals surface area contributed by atoms with Crippen LogP contribution in [0.2, 0.25) is 15.6 Å². The highest BCUT2D eigenvalue weighted by molar-refractivity contribution is 6.36. The summed E-state index contributed by atoms with van der Waals surface area (Å²) in [7, 11) is 0. The maximum absolute atomic E-state index is 6.33. The second kappa shape index (κ2) is 7.31. The SMILES string of the molecule is Clc1nc(Cl)c(C(Cc2ccccc2)c2ccccc2)c(Cl)n1. The van der Waals surface area contributed by atoms with Gasteiger partial charge in [0.15, 0.2) is 0 Å². The van der Waals surface area contributed by atoms with Crippen molar-refractivity contribution in [1.29, 1.82) is 0 Å². The first-order valence-electron chi connectivity index (χ1n) is 7.12. The maximum atomic E-state index is 6.33. The van der Waals surface area contributed by atoms with Crippen molar-refractivity contribution in [3.8, 4) is 0 Å². The van der Waals surface area contributed by atoms with E-state index in [9.17, 15) is 0 Å². The molecule has 5 heteroatoms. The molecule has 2 nitrogen and oxygen atoms in total. The Morgan fingerprint density at radius 3 is 1.83 bits per heavy atom. The van der Waals surface area contributed by atoms with E-state index in [-0.39, 0.29) is 11.2 Å². The molecule has 0 aliphatic rings. The zero-order valence-corrected chi connectivity index (χ0v) is 14.4. The smallest absolute Gasteiger partial charge is 0.206 e. The number of rotatable bonds is 4. The molecule has 1 aromatic heterocycles. The monoisotopic (exact) mass is 362 g/mol. The van der Waals surface area contributed by atoms with E-state index in [1.165, 1.54) is 5.56 Å². The first-order valence-corrected chi connectivity index (χ1v) is 8.26. The van der Waals surface area contributed by atoms with Gasteiger partial charge in [0.2, 0.25) is 5.28 Å². The molecule has 0 N–H and O–H groups in total. The van der Waals surface area contributed by atoms with Crippen LogP contribution >= 0.6 is 34.8 Å². The van der Waals surface area contributed by atoms with E-state index >= 15 is 0 Å². The molecule has 3 aromatic rings. The molecule has 2 aromatic carbocycles. The lowest BCUT2D eigenvalue weighted by Crippen LogP contribution is -2.08. The quantitative estimate of drug-likeness (QED) is 0.431. The minimum atomic E-state index is -0.0455. The van der Waals surface area contributed by atoms with E-state index in [4.69, 9.17) is 34.8 Å². The van der Waals surface area contributed by atoms with E-state index in [0.29, 0.717) is 15.9 Å². The van der Waals surface area contributed by atoms with Crippen LogP contribution in [0.1, 0.15) is 22.6 Å². The van der Waals surface area contributed by atoms with E-state index in [1.807, 2.05) is 36.4 Å². The van der Waals surface area contributed by atoms with Crippen LogP contribution in [0.15, 0.2) is 60.7 Å². The van der Waals surface area contributed by atoms with E-state index < -0.39 is 0 Å². The number of aromatic nitrogens is 2. The highest BCUT2D eigenvalue weighted by Gasteiger charge is 2.23. The molecule has 1 heterocycles. The van der Waals surface area contributed by atoms with Gasteiger partial charge in [0.05, 0.1) is 0 Å². The largest absolute Gasteiger partial charge is 0.225 e. The van der Waals surface area contributed by atoms with Crippen LogP contribution in [-0.2, 0) is 6.42 Å². The van der Waals surface area contributed by atoms with Crippen LogP contribution in [0.3, 0.4) is 0 Å². The predicted octanol–water partition coefficient (Wildman–Crippen LogP) is 5.81. The molecule has 1 unspecified atom stereocenters. The zero-order valence-electron chi connectivity index (χ0n) is 12.1. The lowest BCUT2D eigenvalue weighted by Gasteiger charge is -2.20. The second-order valence-electron chi connectivity index (χ2n) is 5.14. The topological polar surface area (TPSA) is 25.8 Å². The van der Waals surface area contributed by atoms with Crippen LogP contribution in [-0.4, -0.2) is 9.97 Å². The molecule has 116 valence electrons. The molecule has 0 saturated heterocycles. The van der Waals surface area contributed by atoms with Gasteiger partial charge in [-0.2, -0.15) is 0 Å². The molecule has 0 saturated carbocycles. The highest BCUT2D eigenvalue weighted by atomic mass is 35.5. The predicted molar refractivity (Wildman–Crippen MR) is 95.5 cm³/mol. The van der Waals surface area contributed by atoms with E-state index in [0.717, 1.165) is 12.0 Å². The molecule has 0 aliphatic carbocycles. The third-order valence-electron chi connectivity index (χ3n) is 3.66. The highest BCUT2D eigenvalue weighted by Crippen LogP contribution is 2.36. The lowest BCUT2D eigenvalue weighted by atomic mass is 9.87. The third kappa shape index (κ3) is 3.84. The molecule has 3 rings (SSSR count). The first kappa shape index (κ1) is 16.3. The number of hydrogen-bond donors (Lipinski definition) is 0. The summed E-state index contributed by atoms with van der Waals surface area (Å²) in [5, 5.41) is 0.634. The average molecular weight is 364 g/mol.